The maximum absolute atomic E-state index is 6.13. The quantitative estimate of drug-likeness (QED) is 0.798. The van der Waals surface area contributed by atoms with Crippen molar-refractivity contribution < 1.29 is 4.52 Å². The highest BCUT2D eigenvalue weighted by Crippen LogP contribution is 2.22. The van der Waals surface area contributed by atoms with Crippen LogP contribution in [0.3, 0.4) is 0 Å². The number of halogens is 1. The van der Waals surface area contributed by atoms with E-state index in [1.165, 1.54) is 0 Å². The zero-order valence-electron chi connectivity index (χ0n) is 10.5. The Balaban J connectivity index is 1.89. The maximum atomic E-state index is 6.13. The largest absolute Gasteiger partial charge is 0.337 e. The van der Waals surface area contributed by atoms with E-state index >= 15 is 0 Å². The van der Waals surface area contributed by atoms with Crippen LogP contribution < -0.4 is 5.73 Å². The van der Waals surface area contributed by atoms with Crippen molar-refractivity contribution in [2.24, 2.45) is 5.73 Å². The first kappa shape index (κ1) is 13.0. The molecule has 4 nitrogen and oxygen atoms in total. The van der Waals surface area contributed by atoms with Gasteiger partial charge in [0.25, 0.3) is 0 Å². The first-order valence-corrected chi connectivity index (χ1v) is 6.93. The Morgan fingerprint density at radius 3 is 2.40 bits per heavy atom. The zero-order valence-corrected chi connectivity index (χ0v) is 12.1. The van der Waals surface area contributed by atoms with Crippen molar-refractivity contribution in [2.45, 2.75) is 6.04 Å². The lowest BCUT2D eigenvalue weighted by atomic mass is 10.1. The SMILES string of the molecule is N[C@@H](c1ccccc1)c1nc(-c2ccc(Br)cc2)no1. The Kier molecular flexibility index (Phi) is 3.62. The summed E-state index contributed by atoms with van der Waals surface area (Å²) in [5, 5.41) is 3.98. The Morgan fingerprint density at radius 2 is 1.70 bits per heavy atom. The minimum absolute atomic E-state index is 0.409. The van der Waals surface area contributed by atoms with Crippen LogP contribution in [0, 0.1) is 0 Å². The van der Waals surface area contributed by atoms with E-state index in [1.807, 2.05) is 54.6 Å². The minimum atomic E-state index is -0.409. The van der Waals surface area contributed by atoms with E-state index in [0.29, 0.717) is 11.7 Å². The molecule has 100 valence electrons. The van der Waals surface area contributed by atoms with Gasteiger partial charge in [-0.1, -0.05) is 51.4 Å². The molecule has 20 heavy (non-hydrogen) atoms. The van der Waals surface area contributed by atoms with Crippen LogP contribution in [0.15, 0.2) is 63.6 Å². The van der Waals surface area contributed by atoms with Gasteiger partial charge in [0.2, 0.25) is 11.7 Å². The molecule has 5 heteroatoms. The number of benzene rings is 2. The molecule has 0 aliphatic heterocycles. The Hall–Kier alpha value is -1.98. The lowest BCUT2D eigenvalue weighted by Crippen LogP contribution is -2.11. The van der Waals surface area contributed by atoms with Gasteiger partial charge in [-0.05, 0) is 29.8 Å². The fourth-order valence-corrected chi connectivity index (χ4v) is 2.15. The van der Waals surface area contributed by atoms with E-state index in [2.05, 4.69) is 26.1 Å². The Morgan fingerprint density at radius 1 is 1.00 bits per heavy atom. The normalized spacial score (nSPS) is 12.3. The smallest absolute Gasteiger partial charge is 0.248 e. The summed E-state index contributed by atoms with van der Waals surface area (Å²) in [6.45, 7) is 0. The summed E-state index contributed by atoms with van der Waals surface area (Å²) < 4.78 is 6.27. The third-order valence-electron chi connectivity index (χ3n) is 2.97. The Labute approximate surface area is 124 Å². The van der Waals surface area contributed by atoms with Crippen LogP contribution >= 0.6 is 15.9 Å². The first-order valence-electron chi connectivity index (χ1n) is 6.14. The summed E-state index contributed by atoms with van der Waals surface area (Å²) in [5.74, 6) is 0.952. The summed E-state index contributed by atoms with van der Waals surface area (Å²) in [7, 11) is 0. The third-order valence-corrected chi connectivity index (χ3v) is 3.50. The average Bonchev–Trinajstić information content (AvgIpc) is 2.98. The summed E-state index contributed by atoms with van der Waals surface area (Å²) in [5.41, 5.74) is 7.96. The van der Waals surface area contributed by atoms with Crippen LogP contribution in [0.2, 0.25) is 0 Å². The molecule has 0 spiro atoms. The highest BCUT2D eigenvalue weighted by Gasteiger charge is 2.17. The molecule has 0 fully saturated rings. The molecule has 1 heterocycles. The average molecular weight is 330 g/mol. The molecule has 3 aromatic rings. The first-order chi connectivity index (χ1) is 9.74. The molecule has 2 aromatic carbocycles. The number of aromatic nitrogens is 2. The molecule has 0 aliphatic carbocycles. The summed E-state index contributed by atoms with van der Waals surface area (Å²) >= 11 is 3.39. The van der Waals surface area contributed by atoms with Crippen LogP contribution in [-0.2, 0) is 0 Å². The van der Waals surface area contributed by atoms with Crippen molar-refractivity contribution in [3.05, 3.63) is 70.5 Å². The molecule has 1 atom stereocenters. The fourth-order valence-electron chi connectivity index (χ4n) is 1.88. The van der Waals surface area contributed by atoms with Crippen molar-refractivity contribution in [3.8, 4) is 11.4 Å². The maximum Gasteiger partial charge on any atom is 0.248 e. The topological polar surface area (TPSA) is 64.9 Å². The van der Waals surface area contributed by atoms with Gasteiger partial charge < -0.3 is 10.3 Å². The monoisotopic (exact) mass is 329 g/mol. The molecule has 1 aromatic heterocycles. The van der Waals surface area contributed by atoms with Crippen LogP contribution in [0.25, 0.3) is 11.4 Å². The van der Waals surface area contributed by atoms with Crippen LogP contribution in [-0.4, -0.2) is 10.1 Å². The van der Waals surface area contributed by atoms with Gasteiger partial charge in [-0.25, -0.2) is 0 Å². The molecule has 0 saturated carbocycles. The minimum Gasteiger partial charge on any atom is -0.337 e. The fraction of sp³-hybridized carbons (Fsp3) is 0.0667. The zero-order chi connectivity index (χ0) is 13.9. The molecule has 0 radical (unpaired) electrons. The second-order valence-electron chi connectivity index (χ2n) is 4.35. The lowest BCUT2D eigenvalue weighted by Gasteiger charge is -2.05. The lowest BCUT2D eigenvalue weighted by molar-refractivity contribution is 0.367. The van der Waals surface area contributed by atoms with Crippen LogP contribution in [0.5, 0.6) is 0 Å². The molecule has 0 saturated heterocycles. The van der Waals surface area contributed by atoms with Crippen molar-refractivity contribution >= 4 is 15.9 Å². The van der Waals surface area contributed by atoms with E-state index in [4.69, 9.17) is 10.3 Å². The number of hydrogen-bond donors (Lipinski definition) is 1. The molecule has 3 rings (SSSR count). The molecule has 0 aliphatic rings. The van der Waals surface area contributed by atoms with E-state index < -0.39 is 6.04 Å². The molecule has 2 N–H and O–H groups in total. The molecule has 0 unspecified atom stereocenters. The molecule has 0 bridgehead atoms. The van der Waals surface area contributed by atoms with Crippen molar-refractivity contribution in [2.75, 3.05) is 0 Å². The second kappa shape index (κ2) is 5.56. The van der Waals surface area contributed by atoms with Gasteiger partial charge in [-0.3, -0.25) is 0 Å². The number of nitrogens with zero attached hydrogens (tertiary/aromatic N) is 2. The van der Waals surface area contributed by atoms with E-state index in [0.717, 1.165) is 15.6 Å². The summed E-state index contributed by atoms with van der Waals surface area (Å²) in [6, 6.07) is 17.0. The predicted octanol–water partition coefficient (Wildman–Crippen LogP) is 3.55. The standard InChI is InChI=1S/C15H12BrN3O/c16-12-8-6-11(7-9-12)14-18-15(20-19-14)13(17)10-4-2-1-3-5-10/h1-9,13H,17H2/t13-/m0/s1. The van der Waals surface area contributed by atoms with Gasteiger partial charge in [0, 0.05) is 10.0 Å². The van der Waals surface area contributed by atoms with Gasteiger partial charge in [0.1, 0.15) is 6.04 Å². The van der Waals surface area contributed by atoms with Gasteiger partial charge in [0.05, 0.1) is 0 Å². The van der Waals surface area contributed by atoms with Crippen molar-refractivity contribution in [1.29, 1.82) is 0 Å². The molecular formula is C15H12BrN3O. The van der Waals surface area contributed by atoms with Crippen molar-refractivity contribution in [3.63, 3.8) is 0 Å². The van der Waals surface area contributed by atoms with Crippen LogP contribution in [0.1, 0.15) is 17.5 Å². The number of hydrogen-bond acceptors (Lipinski definition) is 4. The highest BCUT2D eigenvalue weighted by atomic mass is 79.9. The third kappa shape index (κ3) is 2.64. The number of rotatable bonds is 3. The van der Waals surface area contributed by atoms with Crippen LogP contribution in [0.4, 0.5) is 0 Å². The molecule has 0 amide bonds. The highest BCUT2D eigenvalue weighted by molar-refractivity contribution is 9.10. The molecular weight excluding hydrogens is 318 g/mol. The van der Waals surface area contributed by atoms with Gasteiger partial charge in [0.15, 0.2) is 0 Å². The predicted molar refractivity (Wildman–Crippen MR) is 79.9 cm³/mol. The van der Waals surface area contributed by atoms with Gasteiger partial charge in [-0.2, -0.15) is 4.98 Å². The summed E-state index contributed by atoms with van der Waals surface area (Å²) in [4.78, 5) is 4.37. The van der Waals surface area contributed by atoms with Crippen molar-refractivity contribution in [1.82, 2.24) is 10.1 Å². The van der Waals surface area contributed by atoms with E-state index in [9.17, 15) is 0 Å². The second-order valence-corrected chi connectivity index (χ2v) is 5.27. The van der Waals surface area contributed by atoms with E-state index in [1.54, 1.807) is 0 Å². The van der Waals surface area contributed by atoms with Gasteiger partial charge >= 0.3 is 0 Å². The van der Waals surface area contributed by atoms with E-state index in [-0.39, 0.29) is 0 Å². The summed E-state index contributed by atoms with van der Waals surface area (Å²) in [6.07, 6.45) is 0. The van der Waals surface area contributed by atoms with Gasteiger partial charge in [-0.15, -0.1) is 0 Å². The number of nitrogens with two attached hydrogens (primary N) is 1. The Bertz CT molecular complexity index is 695.